The number of ether oxygens (including phenoxy) is 1. The Hall–Kier alpha value is -1.91. The minimum atomic E-state index is -3.75. The fraction of sp³-hybridized carbons (Fsp3) is 0.400. The van der Waals surface area contributed by atoms with Gasteiger partial charge in [0.15, 0.2) is 6.61 Å². The monoisotopic (exact) mass is 325 g/mol. The van der Waals surface area contributed by atoms with Gasteiger partial charge in [0.05, 0.1) is 10.8 Å². The third kappa shape index (κ3) is 3.64. The highest BCUT2D eigenvalue weighted by Gasteiger charge is 2.33. The van der Waals surface area contributed by atoms with E-state index in [0.29, 0.717) is 19.4 Å². The largest absolute Gasteiger partial charge is 0.452 e. The molecule has 22 heavy (non-hydrogen) atoms. The average Bonchev–Trinajstić information content (AvgIpc) is 2.53. The summed E-state index contributed by atoms with van der Waals surface area (Å²) in [5, 5.41) is 0. The van der Waals surface area contributed by atoms with E-state index in [9.17, 15) is 17.6 Å². The minimum Gasteiger partial charge on any atom is -0.452 e. The Morgan fingerprint density at radius 3 is 2.73 bits per heavy atom. The molecule has 1 aromatic rings. The van der Waals surface area contributed by atoms with Crippen molar-refractivity contribution in [3.05, 3.63) is 30.1 Å². The summed E-state index contributed by atoms with van der Waals surface area (Å²) in [4.78, 5) is 11.8. The molecule has 1 aliphatic rings. The minimum absolute atomic E-state index is 0.00606. The van der Waals surface area contributed by atoms with Crippen molar-refractivity contribution in [1.29, 1.82) is 0 Å². The Labute approximate surface area is 129 Å². The predicted molar refractivity (Wildman–Crippen MR) is 77.7 cm³/mol. The topological polar surface area (TPSA) is 63.7 Å². The number of sulfonamides is 1. The van der Waals surface area contributed by atoms with E-state index in [-0.39, 0.29) is 18.0 Å². The number of benzene rings is 1. The maximum atomic E-state index is 12.9. The lowest BCUT2D eigenvalue weighted by atomic mass is 10.0. The number of carbonyl (C=O) groups excluding carboxylic acids is 1. The quantitative estimate of drug-likeness (QED) is 0.620. The van der Waals surface area contributed by atoms with E-state index in [1.54, 1.807) is 0 Å². The van der Waals surface area contributed by atoms with Gasteiger partial charge >= 0.3 is 5.97 Å². The van der Waals surface area contributed by atoms with Gasteiger partial charge in [-0.15, -0.1) is 6.42 Å². The van der Waals surface area contributed by atoms with Crippen LogP contribution >= 0.6 is 0 Å². The third-order valence-electron chi connectivity index (χ3n) is 3.47. The summed E-state index contributed by atoms with van der Waals surface area (Å²) in [6, 6.07) is 4.61. The summed E-state index contributed by atoms with van der Waals surface area (Å²) < 4.78 is 44.0. The summed E-state index contributed by atoms with van der Waals surface area (Å²) in [6.45, 7) is 0.238. The highest BCUT2D eigenvalue weighted by atomic mass is 32.2. The Morgan fingerprint density at radius 1 is 1.41 bits per heavy atom. The van der Waals surface area contributed by atoms with Crippen LogP contribution < -0.4 is 0 Å². The number of halogens is 1. The number of piperidine rings is 1. The molecule has 1 saturated heterocycles. The number of nitrogens with zero attached hydrogens (tertiary/aromatic N) is 1. The van der Waals surface area contributed by atoms with Crippen LogP contribution in [0.25, 0.3) is 0 Å². The molecule has 1 aliphatic heterocycles. The van der Waals surface area contributed by atoms with E-state index >= 15 is 0 Å². The van der Waals surface area contributed by atoms with Crippen LogP contribution in [0.15, 0.2) is 29.2 Å². The molecule has 1 unspecified atom stereocenters. The zero-order chi connectivity index (χ0) is 16.2. The van der Waals surface area contributed by atoms with E-state index in [2.05, 4.69) is 5.92 Å². The molecule has 2 rings (SSSR count). The van der Waals surface area contributed by atoms with Crippen molar-refractivity contribution in [1.82, 2.24) is 4.31 Å². The summed E-state index contributed by atoms with van der Waals surface area (Å²) in [7, 11) is -3.75. The first-order valence-corrected chi connectivity index (χ1v) is 8.25. The van der Waals surface area contributed by atoms with Gasteiger partial charge in [-0.25, -0.2) is 12.8 Å². The van der Waals surface area contributed by atoms with Gasteiger partial charge < -0.3 is 4.74 Å². The van der Waals surface area contributed by atoms with Gasteiger partial charge in [0.2, 0.25) is 10.0 Å². The molecule has 0 bridgehead atoms. The molecule has 0 aliphatic carbocycles. The Kier molecular flexibility index (Phi) is 5.16. The van der Waals surface area contributed by atoms with E-state index in [4.69, 9.17) is 11.2 Å². The van der Waals surface area contributed by atoms with Crippen molar-refractivity contribution >= 4 is 16.0 Å². The number of hydrogen-bond donors (Lipinski definition) is 0. The molecule has 0 spiro atoms. The smallest absolute Gasteiger partial charge is 0.311 e. The van der Waals surface area contributed by atoms with Crippen LogP contribution in [0.2, 0.25) is 0 Å². The standard InChI is InChI=1S/C15H16FNO4S/c1-2-10-21-15(18)12-4-3-9-17(11-12)22(19,20)14-7-5-13(16)6-8-14/h1,5-8,12H,3-4,9-11H2. The van der Waals surface area contributed by atoms with Gasteiger partial charge in [-0.2, -0.15) is 4.31 Å². The lowest BCUT2D eigenvalue weighted by Crippen LogP contribution is -2.42. The Bertz CT molecular complexity index is 678. The van der Waals surface area contributed by atoms with Crippen LogP contribution in [0.5, 0.6) is 0 Å². The number of esters is 1. The second kappa shape index (κ2) is 6.90. The van der Waals surface area contributed by atoms with E-state index in [1.165, 1.54) is 16.4 Å². The van der Waals surface area contributed by atoms with Crippen molar-refractivity contribution < 1.29 is 22.3 Å². The molecule has 118 valence electrons. The zero-order valence-electron chi connectivity index (χ0n) is 11.9. The molecule has 0 amide bonds. The number of terminal acetylenes is 1. The molecule has 1 heterocycles. The van der Waals surface area contributed by atoms with Crippen molar-refractivity contribution in [2.24, 2.45) is 5.92 Å². The van der Waals surface area contributed by atoms with Gasteiger partial charge in [0, 0.05) is 13.1 Å². The summed E-state index contributed by atoms with van der Waals surface area (Å²) in [5.41, 5.74) is 0. The summed E-state index contributed by atoms with van der Waals surface area (Å²) >= 11 is 0. The zero-order valence-corrected chi connectivity index (χ0v) is 12.7. The van der Waals surface area contributed by atoms with Crippen LogP contribution in [0, 0.1) is 24.1 Å². The second-order valence-electron chi connectivity index (χ2n) is 4.97. The molecule has 1 fully saturated rings. The third-order valence-corrected chi connectivity index (χ3v) is 5.35. The molecule has 5 nitrogen and oxygen atoms in total. The molecule has 7 heteroatoms. The number of carbonyl (C=O) groups is 1. The first-order valence-electron chi connectivity index (χ1n) is 6.81. The fourth-order valence-corrected chi connectivity index (χ4v) is 3.86. The van der Waals surface area contributed by atoms with Crippen molar-refractivity contribution in [3.63, 3.8) is 0 Å². The van der Waals surface area contributed by atoms with Gasteiger partial charge in [0.25, 0.3) is 0 Å². The molecular weight excluding hydrogens is 309 g/mol. The van der Waals surface area contributed by atoms with Crippen molar-refractivity contribution in [3.8, 4) is 12.3 Å². The maximum Gasteiger partial charge on any atom is 0.311 e. The first kappa shape index (κ1) is 16.5. The lowest BCUT2D eigenvalue weighted by molar-refractivity contribution is -0.148. The van der Waals surface area contributed by atoms with E-state index in [0.717, 1.165) is 12.1 Å². The maximum absolute atomic E-state index is 12.9. The van der Waals surface area contributed by atoms with Crippen molar-refractivity contribution in [2.45, 2.75) is 17.7 Å². The van der Waals surface area contributed by atoms with Gasteiger partial charge in [-0.3, -0.25) is 4.79 Å². The fourth-order valence-electron chi connectivity index (χ4n) is 2.34. The van der Waals surface area contributed by atoms with E-state index < -0.39 is 27.7 Å². The highest BCUT2D eigenvalue weighted by molar-refractivity contribution is 7.89. The van der Waals surface area contributed by atoms with Crippen LogP contribution in [0.4, 0.5) is 4.39 Å². The van der Waals surface area contributed by atoms with Crippen LogP contribution in [-0.4, -0.2) is 38.4 Å². The normalized spacial score (nSPS) is 19.4. The molecular formula is C15H16FNO4S. The molecule has 0 aromatic heterocycles. The van der Waals surface area contributed by atoms with Crippen LogP contribution in [0.1, 0.15) is 12.8 Å². The van der Waals surface area contributed by atoms with Gasteiger partial charge in [0.1, 0.15) is 5.82 Å². The molecule has 1 aromatic carbocycles. The lowest BCUT2D eigenvalue weighted by Gasteiger charge is -2.30. The van der Waals surface area contributed by atoms with Crippen molar-refractivity contribution in [2.75, 3.05) is 19.7 Å². The predicted octanol–water partition coefficient (Wildman–Crippen LogP) is 1.40. The van der Waals surface area contributed by atoms with Gasteiger partial charge in [-0.1, -0.05) is 5.92 Å². The molecule has 1 atom stereocenters. The van der Waals surface area contributed by atoms with Gasteiger partial charge in [-0.05, 0) is 37.1 Å². The highest BCUT2D eigenvalue weighted by Crippen LogP contribution is 2.24. The Balaban J connectivity index is 2.13. The van der Waals surface area contributed by atoms with Crippen LogP contribution in [-0.2, 0) is 19.6 Å². The second-order valence-corrected chi connectivity index (χ2v) is 6.91. The Morgan fingerprint density at radius 2 is 2.09 bits per heavy atom. The average molecular weight is 325 g/mol. The number of hydrogen-bond acceptors (Lipinski definition) is 4. The summed E-state index contributed by atoms with van der Waals surface area (Å²) in [6.07, 6.45) is 6.13. The summed E-state index contributed by atoms with van der Waals surface area (Å²) in [5.74, 6) is 0.674. The SMILES string of the molecule is C#CCOC(=O)C1CCCN(S(=O)(=O)c2ccc(F)cc2)C1. The van der Waals surface area contributed by atoms with Crippen LogP contribution in [0.3, 0.4) is 0 Å². The molecule has 0 radical (unpaired) electrons. The molecule has 0 N–H and O–H groups in total. The van der Waals surface area contributed by atoms with E-state index in [1.807, 2.05) is 0 Å². The molecule has 0 saturated carbocycles. The first-order chi connectivity index (χ1) is 10.4. The number of rotatable bonds is 4.